The maximum atomic E-state index is 11.8. The molecule has 1 aliphatic rings. The Balaban J connectivity index is 2.64. The molecule has 1 rings (SSSR count). The number of carbonyl (C=O) groups excluding carboxylic acids is 1. The predicted octanol–water partition coefficient (Wildman–Crippen LogP) is 0.167. The Morgan fingerprint density at radius 2 is 2.13 bits per heavy atom. The number of rotatable bonds is 4. The molecule has 0 radical (unpaired) electrons. The number of hydrogen-bond donors (Lipinski definition) is 1. The fourth-order valence-electron chi connectivity index (χ4n) is 1.83. The van der Waals surface area contributed by atoms with Gasteiger partial charge in [0.2, 0.25) is 5.91 Å². The lowest BCUT2D eigenvalue weighted by molar-refractivity contribution is -0.129. The monoisotopic (exact) mass is 232 g/mol. The Kier molecular flexibility index (Phi) is 4.28. The van der Waals surface area contributed by atoms with E-state index in [4.69, 9.17) is 0 Å². The van der Waals surface area contributed by atoms with E-state index in [-0.39, 0.29) is 18.1 Å². The first-order valence-corrected chi connectivity index (χ1v) is 7.02. The van der Waals surface area contributed by atoms with E-state index in [1.165, 1.54) is 0 Å². The van der Waals surface area contributed by atoms with E-state index >= 15 is 0 Å². The van der Waals surface area contributed by atoms with Crippen molar-refractivity contribution in [2.75, 3.05) is 18.6 Å². The first-order chi connectivity index (χ1) is 6.93. The molecule has 5 heteroatoms. The molecule has 0 bridgehead atoms. The molecule has 0 saturated carbocycles. The van der Waals surface area contributed by atoms with Crippen molar-refractivity contribution in [2.45, 2.75) is 33.0 Å². The van der Waals surface area contributed by atoms with Gasteiger partial charge in [0.15, 0.2) is 0 Å². The Labute approximate surface area is 93.9 Å². The van der Waals surface area contributed by atoms with Gasteiger partial charge in [-0.1, -0.05) is 13.8 Å². The summed E-state index contributed by atoms with van der Waals surface area (Å²) in [6, 6.07) is -0.109. The van der Waals surface area contributed by atoms with E-state index < -0.39 is 10.8 Å². The van der Waals surface area contributed by atoms with E-state index in [1.54, 1.807) is 6.26 Å². The maximum absolute atomic E-state index is 11.8. The van der Waals surface area contributed by atoms with Gasteiger partial charge in [-0.3, -0.25) is 14.3 Å². The summed E-state index contributed by atoms with van der Waals surface area (Å²) in [7, 11) is -0.838. The molecule has 0 aromatic rings. The highest BCUT2D eigenvalue weighted by molar-refractivity contribution is 7.84. The van der Waals surface area contributed by atoms with Gasteiger partial charge >= 0.3 is 0 Å². The minimum atomic E-state index is -0.838. The van der Waals surface area contributed by atoms with Crippen LogP contribution in [0.4, 0.5) is 0 Å². The van der Waals surface area contributed by atoms with Crippen molar-refractivity contribution >= 4 is 16.7 Å². The molecule has 3 unspecified atom stereocenters. The second kappa shape index (κ2) is 5.07. The van der Waals surface area contributed by atoms with Gasteiger partial charge < -0.3 is 4.90 Å². The van der Waals surface area contributed by atoms with Crippen LogP contribution in [0.5, 0.6) is 0 Å². The maximum Gasteiger partial charge on any atom is 0.240 e. The lowest BCUT2D eigenvalue weighted by Crippen LogP contribution is -2.43. The zero-order chi connectivity index (χ0) is 11.6. The summed E-state index contributed by atoms with van der Waals surface area (Å²) in [6.07, 6.45) is 1.76. The van der Waals surface area contributed by atoms with Crippen molar-refractivity contribution in [3.63, 3.8) is 0 Å². The molecule has 1 fully saturated rings. The summed E-state index contributed by atoms with van der Waals surface area (Å²) in [5.41, 5.74) is 0. The molecule has 1 amide bonds. The third kappa shape index (κ3) is 3.01. The van der Waals surface area contributed by atoms with Crippen molar-refractivity contribution in [3.8, 4) is 0 Å². The van der Waals surface area contributed by atoms with Gasteiger partial charge in [-0.25, -0.2) is 0 Å². The molecule has 0 aliphatic carbocycles. The first kappa shape index (κ1) is 12.6. The number of amides is 1. The third-order valence-corrected chi connectivity index (χ3v) is 3.42. The van der Waals surface area contributed by atoms with Gasteiger partial charge in [-0.05, 0) is 12.8 Å². The molecule has 88 valence electrons. The predicted molar refractivity (Wildman–Crippen MR) is 61.9 cm³/mol. The zero-order valence-electron chi connectivity index (χ0n) is 9.82. The number of nitrogens with one attached hydrogen (secondary N) is 1. The Morgan fingerprint density at radius 1 is 1.53 bits per heavy atom. The summed E-state index contributed by atoms with van der Waals surface area (Å²) in [4.78, 5) is 13.6. The van der Waals surface area contributed by atoms with Gasteiger partial charge in [0.25, 0.3) is 0 Å². The molecule has 0 aromatic carbocycles. The van der Waals surface area contributed by atoms with Crippen molar-refractivity contribution in [3.05, 3.63) is 0 Å². The lowest BCUT2D eigenvalue weighted by atomic mass is 10.1. The summed E-state index contributed by atoms with van der Waals surface area (Å²) in [5.74, 6) is 1.06. The van der Waals surface area contributed by atoms with Crippen LogP contribution in [0.25, 0.3) is 0 Å². The molecule has 1 N–H and O–H groups in total. The van der Waals surface area contributed by atoms with Gasteiger partial charge in [0, 0.05) is 29.4 Å². The van der Waals surface area contributed by atoms with Crippen LogP contribution in [-0.4, -0.2) is 45.8 Å². The van der Waals surface area contributed by atoms with E-state index in [0.717, 1.165) is 0 Å². The summed E-state index contributed by atoms with van der Waals surface area (Å²) in [6.45, 7) is 6.63. The van der Waals surface area contributed by atoms with Gasteiger partial charge in [-0.2, -0.15) is 0 Å². The molecule has 3 atom stereocenters. The molecule has 15 heavy (non-hydrogen) atoms. The number of hydrogen-bond acceptors (Lipinski definition) is 3. The minimum Gasteiger partial charge on any atom is -0.325 e. The van der Waals surface area contributed by atoms with Crippen molar-refractivity contribution in [1.82, 2.24) is 10.2 Å². The topological polar surface area (TPSA) is 49.4 Å². The summed E-state index contributed by atoms with van der Waals surface area (Å²) in [5, 5.41) is 3.25. The molecule has 4 nitrogen and oxygen atoms in total. The molecule has 0 aromatic heterocycles. The van der Waals surface area contributed by atoms with Crippen LogP contribution >= 0.6 is 0 Å². The Bertz CT molecular complexity index is 268. The molecular weight excluding hydrogens is 212 g/mol. The minimum absolute atomic E-state index is 0.0936. The highest BCUT2D eigenvalue weighted by Gasteiger charge is 2.37. The second-order valence-electron chi connectivity index (χ2n) is 4.39. The smallest absolute Gasteiger partial charge is 0.240 e. The largest absolute Gasteiger partial charge is 0.325 e. The zero-order valence-corrected chi connectivity index (χ0v) is 10.6. The second-order valence-corrected chi connectivity index (χ2v) is 5.94. The summed E-state index contributed by atoms with van der Waals surface area (Å²) < 4.78 is 11.0. The average molecular weight is 232 g/mol. The van der Waals surface area contributed by atoms with E-state index in [9.17, 15) is 9.00 Å². The van der Waals surface area contributed by atoms with Gasteiger partial charge in [0.1, 0.15) is 0 Å². The number of carbonyl (C=O) groups is 1. The quantitative estimate of drug-likeness (QED) is 0.751. The van der Waals surface area contributed by atoms with Crippen molar-refractivity contribution in [2.24, 2.45) is 5.92 Å². The van der Waals surface area contributed by atoms with Crippen LogP contribution in [0.15, 0.2) is 0 Å². The Hall–Kier alpha value is -0.420. The van der Waals surface area contributed by atoms with Gasteiger partial charge in [0.05, 0.1) is 12.2 Å². The van der Waals surface area contributed by atoms with Crippen LogP contribution in [0.1, 0.15) is 20.8 Å². The normalized spacial score (nSPS) is 28.9. The van der Waals surface area contributed by atoms with Crippen LogP contribution in [0, 0.1) is 5.92 Å². The van der Waals surface area contributed by atoms with Crippen LogP contribution in [-0.2, 0) is 15.6 Å². The van der Waals surface area contributed by atoms with Crippen LogP contribution < -0.4 is 5.32 Å². The number of nitrogens with zero attached hydrogens (tertiary/aromatic N) is 1. The van der Waals surface area contributed by atoms with Crippen LogP contribution in [0.2, 0.25) is 0 Å². The SMILES string of the molecule is CC1NC(C(C)C)N(CCS(C)=O)C1=O. The first-order valence-electron chi connectivity index (χ1n) is 5.30. The third-order valence-electron chi connectivity index (χ3n) is 2.66. The molecule has 1 heterocycles. The molecular formula is C10H20N2O2S. The van der Waals surface area contributed by atoms with Crippen molar-refractivity contribution < 1.29 is 9.00 Å². The Morgan fingerprint density at radius 3 is 2.60 bits per heavy atom. The van der Waals surface area contributed by atoms with E-state index in [2.05, 4.69) is 19.2 Å². The molecule has 1 aliphatic heterocycles. The van der Waals surface area contributed by atoms with Crippen molar-refractivity contribution in [1.29, 1.82) is 0 Å². The van der Waals surface area contributed by atoms with E-state index in [1.807, 2.05) is 11.8 Å². The highest BCUT2D eigenvalue weighted by Crippen LogP contribution is 2.16. The van der Waals surface area contributed by atoms with Crippen LogP contribution in [0.3, 0.4) is 0 Å². The fraction of sp³-hybridized carbons (Fsp3) is 0.900. The molecule has 1 saturated heterocycles. The molecule has 0 spiro atoms. The fourth-order valence-corrected chi connectivity index (χ4v) is 2.29. The standard InChI is InChI=1S/C10H20N2O2S/c1-7(2)9-11-8(3)10(13)12(9)5-6-15(4)14/h7-9,11H,5-6H2,1-4H3. The van der Waals surface area contributed by atoms with Gasteiger partial charge in [-0.15, -0.1) is 0 Å². The average Bonchev–Trinajstić information content (AvgIpc) is 2.41. The summed E-state index contributed by atoms with van der Waals surface area (Å²) >= 11 is 0. The highest BCUT2D eigenvalue weighted by atomic mass is 32.2. The lowest BCUT2D eigenvalue weighted by Gasteiger charge is -2.26. The van der Waals surface area contributed by atoms with E-state index in [0.29, 0.717) is 18.2 Å².